The zero-order chi connectivity index (χ0) is 17.1. The fraction of sp³-hybridized carbons (Fsp3) is 0.412. The minimum Gasteiger partial charge on any atom is -0.494 e. The Morgan fingerprint density at radius 2 is 2.33 bits per heavy atom. The Hall–Kier alpha value is -2.57. The summed E-state index contributed by atoms with van der Waals surface area (Å²) in [5.74, 6) is -0.0733. The predicted octanol–water partition coefficient (Wildman–Crippen LogP) is 3.28. The second kappa shape index (κ2) is 6.90. The first kappa shape index (κ1) is 16.3. The predicted molar refractivity (Wildman–Crippen MR) is 88.8 cm³/mol. The summed E-state index contributed by atoms with van der Waals surface area (Å²) in [6, 6.07) is 4.60. The van der Waals surface area contributed by atoms with Crippen LogP contribution in [0.25, 0.3) is 0 Å². The topological polar surface area (TPSA) is 70.2 Å². The van der Waals surface area contributed by atoms with Crippen molar-refractivity contribution in [1.82, 2.24) is 15.1 Å². The van der Waals surface area contributed by atoms with Crippen LogP contribution in [0.4, 0.5) is 14.9 Å². The molecule has 1 aliphatic heterocycles. The van der Waals surface area contributed by atoms with Gasteiger partial charge in [-0.1, -0.05) is 0 Å². The Labute approximate surface area is 140 Å². The maximum absolute atomic E-state index is 13.9. The summed E-state index contributed by atoms with van der Waals surface area (Å²) in [4.78, 5) is 14.3. The summed E-state index contributed by atoms with van der Waals surface area (Å²) in [6.45, 7) is 3.11. The standard InChI is InChI=1S/C17H21FN4O2/c1-11-8-16(24-2)13(18)9-15(11)20-17(23)22-7-3-4-12(10-22)14-5-6-19-21-14/h5-6,8-9,12H,3-4,7,10H2,1-2H3,(H,19,21)(H,20,23). The molecule has 1 saturated heterocycles. The van der Waals surface area contributed by atoms with Crippen molar-refractivity contribution in [3.05, 3.63) is 41.5 Å². The molecule has 1 aromatic carbocycles. The van der Waals surface area contributed by atoms with Gasteiger partial charge in [0, 0.05) is 42.7 Å². The minimum absolute atomic E-state index is 0.169. The number of rotatable bonds is 3. The summed E-state index contributed by atoms with van der Waals surface area (Å²) >= 11 is 0. The number of carbonyl (C=O) groups is 1. The molecule has 1 fully saturated rings. The molecule has 0 saturated carbocycles. The number of H-pyrrole nitrogens is 1. The molecule has 128 valence electrons. The molecule has 0 spiro atoms. The molecule has 0 bridgehead atoms. The minimum atomic E-state index is -0.493. The third kappa shape index (κ3) is 3.34. The Kier molecular flexibility index (Phi) is 4.69. The number of likely N-dealkylation sites (tertiary alicyclic amines) is 1. The number of benzene rings is 1. The molecule has 1 aliphatic rings. The third-order valence-electron chi connectivity index (χ3n) is 4.41. The monoisotopic (exact) mass is 332 g/mol. The van der Waals surface area contributed by atoms with Gasteiger partial charge in [-0.05, 0) is 37.5 Å². The van der Waals surface area contributed by atoms with E-state index in [1.54, 1.807) is 24.1 Å². The summed E-state index contributed by atoms with van der Waals surface area (Å²) in [5.41, 5.74) is 2.25. The van der Waals surface area contributed by atoms with Gasteiger partial charge in [0.05, 0.1) is 7.11 Å². The first-order valence-corrected chi connectivity index (χ1v) is 7.98. The molecule has 1 aromatic heterocycles. The van der Waals surface area contributed by atoms with Crippen LogP contribution < -0.4 is 10.1 Å². The highest BCUT2D eigenvalue weighted by atomic mass is 19.1. The highest BCUT2D eigenvalue weighted by Crippen LogP contribution is 2.28. The van der Waals surface area contributed by atoms with E-state index in [4.69, 9.17) is 4.74 Å². The maximum Gasteiger partial charge on any atom is 0.321 e. The second-order valence-corrected chi connectivity index (χ2v) is 6.03. The van der Waals surface area contributed by atoms with Crippen molar-refractivity contribution >= 4 is 11.7 Å². The van der Waals surface area contributed by atoms with E-state index in [9.17, 15) is 9.18 Å². The fourth-order valence-corrected chi connectivity index (χ4v) is 3.05. The lowest BCUT2D eigenvalue weighted by atomic mass is 9.95. The SMILES string of the molecule is COc1cc(C)c(NC(=O)N2CCCC(c3ccn[nH]3)C2)cc1F. The van der Waals surface area contributed by atoms with Crippen molar-refractivity contribution in [3.8, 4) is 5.75 Å². The Morgan fingerprint density at radius 3 is 3.04 bits per heavy atom. The van der Waals surface area contributed by atoms with Gasteiger partial charge in [0.25, 0.3) is 0 Å². The van der Waals surface area contributed by atoms with E-state index >= 15 is 0 Å². The van der Waals surface area contributed by atoms with Gasteiger partial charge in [0.2, 0.25) is 0 Å². The Bertz CT molecular complexity index is 718. The van der Waals surface area contributed by atoms with E-state index in [2.05, 4.69) is 15.5 Å². The van der Waals surface area contributed by atoms with Crippen molar-refractivity contribution in [2.45, 2.75) is 25.7 Å². The molecular formula is C17H21FN4O2. The number of urea groups is 1. The summed E-state index contributed by atoms with van der Waals surface area (Å²) in [6.07, 6.45) is 3.66. The first-order valence-electron chi connectivity index (χ1n) is 7.98. The van der Waals surface area contributed by atoms with Crippen molar-refractivity contribution < 1.29 is 13.9 Å². The highest BCUT2D eigenvalue weighted by Gasteiger charge is 2.26. The summed E-state index contributed by atoms with van der Waals surface area (Å²) in [7, 11) is 1.42. The van der Waals surface area contributed by atoms with Crippen LogP contribution in [-0.2, 0) is 0 Å². The molecule has 1 unspecified atom stereocenters. The normalized spacial score (nSPS) is 17.6. The summed E-state index contributed by atoms with van der Waals surface area (Å²) < 4.78 is 18.8. The molecule has 6 nitrogen and oxygen atoms in total. The number of methoxy groups -OCH3 is 1. The first-order chi connectivity index (χ1) is 11.6. The van der Waals surface area contributed by atoms with Crippen molar-refractivity contribution in [3.63, 3.8) is 0 Å². The van der Waals surface area contributed by atoms with Crippen LogP contribution in [0, 0.1) is 12.7 Å². The van der Waals surface area contributed by atoms with E-state index in [0.29, 0.717) is 18.8 Å². The van der Waals surface area contributed by atoms with Gasteiger partial charge < -0.3 is 15.0 Å². The lowest BCUT2D eigenvalue weighted by molar-refractivity contribution is 0.192. The summed E-state index contributed by atoms with van der Waals surface area (Å²) in [5, 5.41) is 9.75. The number of hydrogen-bond acceptors (Lipinski definition) is 3. The number of nitrogens with zero attached hydrogens (tertiary/aromatic N) is 2. The molecule has 7 heteroatoms. The number of aromatic nitrogens is 2. The van der Waals surface area contributed by atoms with Crippen LogP contribution in [0.1, 0.15) is 30.0 Å². The fourth-order valence-electron chi connectivity index (χ4n) is 3.05. The van der Waals surface area contributed by atoms with Crippen LogP contribution in [0.3, 0.4) is 0 Å². The van der Waals surface area contributed by atoms with Crippen LogP contribution >= 0.6 is 0 Å². The third-order valence-corrected chi connectivity index (χ3v) is 4.41. The molecule has 2 heterocycles. The van der Waals surface area contributed by atoms with E-state index in [0.717, 1.165) is 24.1 Å². The average Bonchev–Trinajstić information content (AvgIpc) is 3.12. The van der Waals surface area contributed by atoms with E-state index in [1.165, 1.54) is 13.2 Å². The molecule has 0 radical (unpaired) electrons. The average molecular weight is 332 g/mol. The van der Waals surface area contributed by atoms with Crippen molar-refractivity contribution in [2.75, 3.05) is 25.5 Å². The number of hydrogen-bond donors (Lipinski definition) is 2. The van der Waals surface area contributed by atoms with Gasteiger partial charge in [-0.2, -0.15) is 5.10 Å². The number of halogens is 1. The molecule has 2 N–H and O–H groups in total. The second-order valence-electron chi connectivity index (χ2n) is 6.03. The molecule has 0 aliphatic carbocycles. The van der Waals surface area contributed by atoms with Crippen LogP contribution in [0.5, 0.6) is 5.75 Å². The van der Waals surface area contributed by atoms with E-state index < -0.39 is 5.82 Å². The molecular weight excluding hydrogens is 311 g/mol. The number of aryl methyl sites for hydroxylation is 1. The Morgan fingerprint density at radius 1 is 1.50 bits per heavy atom. The van der Waals surface area contributed by atoms with Crippen LogP contribution in [0.15, 0.2) is 24.4 Å². The number of anilines is 1. The van der Waals surface area contributed by atoms with Gasteiger partial charge in [-0.15, -0.1) is 0 Å². The lowest BCUT2D eigenvalue weighted by Gasteiger charge is -2.32. The number of carbonyl (C=O) groups excluding carboxylic acids is 1. The van der Waals surface area contributed by atoms with Gasteiger partial charge in [0.15, 0.2) is 11.6 Å². The highest BCUT2D eigenvalue weighted by molar-refractivity contribution is 5.90. The van der Waals surface area contributed by atoms with Gasteiger partial charge >= 0.3 is 6.03 Å². The smallest absolute Gasteiger partial charge is 0.321 e. The largest absolute Gasteiger partial charge is 0.494 e. The van der Waals surface area contributed by atoms with Crippen molar-refractivity contribution in [2.24, 2.45) is 0 Å². The molecule has 2 aromatic rings. The molecule has 2 amide bonds. The van der Waals surface area contributed by atoms with Crippen LogP contribution in [-0.4, -0.2) is 41.3 Å². The number of ether oxygens (including phenoxy) is 1. The van der Waals surface area contributed by atoms with E-state index in [-0.39, 0.29) is 17.7 Å². The number of piperidine rings is 1. The lowest BCUT2D eigenvalue weighted by Crippen LogP contribution is -2.41. The maximum atomic E-state index is 13.9. The van der Waals surface area contributed by atoms with Crippen molar-refractivity contribution in [1.29, 1.82) is 0 Å². The molecule has 3 rings (SSSR count). The van der Waals surface area contributed by atoms with E-state index in [1.807, 2.05) is 6.07 Å². The number of aromatic amines is 1. The molecule has 24 heavy (non-hydrogen) atoms. The van der Waals surface area contributed by atoms with Gasteiger partial charge in [0.1, 0.15) is 0 Å². The zero-order valence-electron chi connectivity index (χ0n) is 13.8. The van der Waals surface area contributed by atoms with Crippen LogP contribution in [0.2, 0.25) is 0 Å². The number of nitrogens with one attached hydrogen (secondary N) is 2. The van der Waals surface area contributed by atoms with Gasteiger partial charge in [-0.3, -0.25) is 5.10 Å². The quantitative estimate of drug-likeness (QED) is 0.906. The molecule has 1 atom stereocenters. The number of amides is 2. The Balaban J connectivity index is 1.69. The zero-order valence-corrected chi connectivity index (χ0v) is 13.8. The van der Waals surface area contributed by atoms with Gasteiger partial charge in [-0.25, -0.2) is 9.18 Å².